The lowest BCUT2D eigenvalue weighted by molar-refractivity contribution is -0.130. The Morgan fingerprint density at radius 3 is 2.42 bits per heavy atom. The van der Waals surface area contributed by atoms with E-state index < -0.39 is 0 Å². The topological polar surface area (TPSA) is 50.5 Å². The molecular weight excluding hydrogens is 391 g/mol. The Labute approximate surface area is 184 Å². The van der Waals surface area contributed by atoms with E-state index in [1.807, 2.05) is 43.2 Å². The van der Waals surface area contributed by atoms with Crippen LogP contribution in [0, 0.1) is 13.8 Å². The lowest BCUT2D eigenvalue weighted by Crippen LogP contribution is -2.31. The summed E-state index contributed by atoms with van der Waals surface area (Å²) in [5.41, 5.74) is 6.56. The van der Waals surface area contributed by atoms with E-state index in [9.17, 15) is 9.18 Å². The number of carbonyl (C=O) groups is 1. The Morgan fingerprint density at radius 1 is 1.06 bits per heavy atom. The molecule has 3 rings (SSSR count). The lowest BCUT2D eigenvalue weighted by Gasteiger charge is -2.18. The molecule has 5 nitrogen and oxygen atoms in total. The maximum atomic E-state index is 12.9. The van der Waals surface area contributed by atoms with Crippen molar-refractivity contribution in [3.8, 4) is 11.3 Å². The number of unbranched alkanes of at least 4 members (excludes halogenated alkanes) is 2. The minimum Gasteiger partial charge on any atom is -0.343 e. The standard InChI is InChI=1S/C25H33FN4O/c1-5-29(6-2)23(31)17-22-24(28-30-19(4)16-18(3)27-25(22)30)21-13-11-20(12-14-21)10-8-7-9-15-26/h11-14,16H,5-10,15,17H2,1-4H3. The average Bonchev–Trinajstić information content (AvgIpc) is 3.11. The van der Waals surface area contributed by atoms with Gasteiger partial charge < -0.3 is 4.90 Å². The molecule has 3 aromatic rings. The fourth-order valence-electron chi connectivity index (χ4n) is 4.03. The number of hydrogen-bond acceptors (Lipinski definition) is 3. The monoisotopic (exact) mass is 424 g/mol. The van der Waals surface area contributed by atoms with Crippen LogP contribution in [0.1, 0.15) is 55.6 Å². The smallest absolute Gasteiger partial charge is 0.227 e. The number of carbonyl (C=O) groups excluding carboxylic acids is 1. The Kier molecular flexibility index (Phi) is 7.77. The average molecular weight is 425 g/mol. The third-order valence-corrected chi connectivity index (χ3v) is 5.76. The van der Waals surface area contributed by atoms with Gasteiger partial charge >= 0.3 is 0 Å². The summed E-state index contributed by atoms with van der Waals surface area (Å²) in [7, 11) is 0. The van der Waals surface area contributed by atoms with Crippen LogP contribution in [0.25, 0.3) is 16.9 Å². The molecule has 2 heterocycles. The summed E-state index contributed by atoms with van der Waals surface area (Å²) in [6.07, 6.45) is 3.76. The van der Waals surface area contributed by atoms with E-state index in [0.717, 1.165) is 53.1 Å². The molecule has 0 fully saturated rings. The van der Waals surface area contributed by atoms with Crippen LogP contribution in [0.3, 0.4) is 0 Å². The van der Waals surface area contributed by atoms with E-state index in [2.05, 4.69) is 24.3 Å². The van der Waals surface area contributed by atoms with Gasteiger partial charge in [0, 0.05) is 35.6 Å². The molecule has 0 bridgehead atoms. The molecule has 0 aliphatic heterocycles. The zero-order valence-corrected chi connectivity index (χ0v) is 19.1. The van der Waals surface area contributed by atoms with Gasteiger partial charge in [0.2, 0.25) is 5.91 Å². The normalized spacial score (nSPS) is 11.3. The van der Waals surface area contributed by atoms with Crippen molar-refractivity contribution in [2.75, 3.05) is 19.8 Å². The molecule has 2 aromatic heterocycles. The highest BCUT2D eigenvalue weighted by atomic mass is 19.1. The van der Waals surface area contributed by atoms with Gasteiger partial charge in [0.15, 0.2) is 5.65 Å². The van der Waals surface area contributed by atoms with E-state index >= 15 is 0 Å². The second-order valence-corrected chi connectivity index (χ2v) is 8.04. The predicted molar refractivity (Wildman–Crippen MR) is 123 cm³/mol. The third kappa shape index (κ3) is 5.30. The number of halogens is 1. The summed E-state index contributed by atoms with van der Waals surface area (Å²) in [5.74, 6) is 0.0894. The Morgan fingerprint density at radius 2 is 1.77 bits per heavy atom. The van der Waals surface area contributed by atoms with Gasteiger partial charge in [0.1, 0.15) is 0 Å². The van der Waals surface area contributed by atoms with Gasteiger partial charge in [-0.05, 0) is 58.6 Å². The maximum Gasteiger partial charge on any atom is 0.227 e. The van der Waals surface area contributed by atoms with Crippen molar-refractivity contribution >= 4 is 11.6 Å². The summed E-state index contributed by atoms with van der Waals surface area (Å²) in [6, 6.07) is 10.4. The molecule has 1 aromatic carbocycles. The molecule has 1 amide bonds. The van der Waals surface area contributed by atoms with Crippen LogP contribution < -0.4 is 0 Å². The van der Waals surface area contributed by atoms with Crippen molar-refractivity contribution in [2.24, 2.45) is 0 Å². The molecule has 0 unspecified atom stereocenters. The molecule has 166 valence electrons. The number of alkyl halides is 1. The summed E-state index contributed by atoms with van der Waals surface area (Å²) < 4.78 is 14.1. The third-order valence-electron chi connectivity index (χ3n) is 5.76. The van der Waals surface area contributed by atoms with Gasteiger partial charge in [-0.3, -0.25) is 9.18 Å². The summed E-state index contributed by atoms with van der Waals surface area (Å²) in [5, 5.41) is 4.85. The SMILES string of the molecule is CCN(CC)C(=O)Cc1c(-c2ccc(CCCCCF)cc2)nn2c(C)cc(C)nc12. The highest BCUT2D eigenvalue weighted by molar-refractivity contribution is 5.84. The number of benzene rings is 1. The number of aryl methyl sites for hydroxylation is 3. The molecule has 0 aliphatic carbocycles. The minimum absolute atomic E-state index is 0.0894. The fraction of sp³-hybridized carbons (Fsp3) is 0.480. The first-order valence-electron chi connectivity index (χ1n) is 11.3. The van der Waals surface area contributed by atoms with Crippen LogP contribution in [-0.2, 0) is 17.6 Å². The number of fused-ring (bicyclic) bond motifs is 1. The molecule has 0 radical (unpaired) electrons. The molecule has 0 aliphatic rings. The Bertz CT molecular complexity index is 1020. The van der Waals surface area contributed by atoms with E-state index in [1.165, 1.54) is 5.56 Å². The molecule has 0 saturated heterocycles. The van der Waals surface area contributed by atoms with E-state index in [-0.39, 0.29) is 19.0 Å². The number of rotatable bonds is 10. The van der Waals surface area contributed by atoms with Gasteiger partial charge in [0.05, 0.1) is 18.8 Å². The number of aromatic nitrogens is 3. The van der Waals surface area contributed by atoms with Crippen LogP contribution in [0.5, 0.6) is 0 Å². The van der Waals surface area contributed by atoms with E-state index in [1.54, 1.807) is 0 Å². The highest BCUT2D eigenvalue weighted by Gasteiger charge is 2.21. The second-order valence-electron chi connectivity index (χ2n) is 8.04. The van der Waals surface area contributed by atoms with E-state index in [4.69, 9.17) is 10.1 Å². The predicted octanol–water partition coefficient (Wildman–Crippen LogP) is 5.11. The quantitative estimate of drug-likeness (QED) is 0.425. The first-order chi connectivity index (χ1) is 15.0. The first kappa shape index (κ1) is 22.9. The van der Waals surface area contributed by atoms with E-state index in [0.29, 0.717) is 19.5 Å². The van der Waals surface area contributed by atoms with Gasteiger partial charge in [-0.1, -0.05) is 30.7 Å². The second kappa shape index (κ2) is 10.5. The van der Waals surface area contributed by atoms with Crippen LogP contribution in [0.2, 0.25) is 0 Å². The molecule has 0 atom stereocenters. The Balaban J connectivity index is 1.97. The van der Waals surface area contributed by atoms with Crippen molar-refractivity contribution in [3.05, 3.63) is 52.8 Å². The molecule has 0 spiro atoms. The number of likely N-dealkylation sites (N-methyl/N-ethyl adjacent to an activating group) is 1. The number of nitrogens with zero attached hydrogens (tertiary/aromatic N) is 4. The molecule has 0 saturated carbocycles. The van der Waals surface area contributed by atoms with Crippen molar-refractivity contribution in [3.63, 3.8) is 0 Å². The first-order valence-corrected chi connectivity index (χ1v) is 11.3. The zero-order chi connectivity index (χ0) is 22.4. The lowest BCUT2D eigenvalue weighted by atomic mass is 10.0. The maximum absolute atomic E-state index is 12.9. The molecular formula is C25H33FN4O. The van der Waals surface area contributed by atoms with Crippen LogP contribution in [0.15, 0.2) is 30.3 Å². The number of amides is 1. The largest absolute Gasteiger partial charge is 0.343 e. The molecule has 0 N–H and O–H groups in total. The van der Waals surface area contributed by atoms with Crippen molar-refractivity contribution in [1.29, 1.82) is 0 Å². The van der Waals surface area contributed by atoms with Crippen LogP contribution in [0.4, 0.5) is 4.39 Å². The van der Waals surface area contributed by atoms with Gasteiger partial charge in [0.25, 0.3) is 0 Å². The van der Waals surface area contributed by atoms with Crippen molar-refractivity contribution in [1.82, 2.24) is 19.5 Å². The Hall–Kier alpha value is -2.76. The van der Waals surface area contributed by atoms with Gasteiger partial charge in [-0.2, -0.15) is 5.10 Å². The highest BCUT2D eigenvalue weighted by Crippen LogP contribution is 2.28. The van der Waals surface area contributed by atoms with Gasteiger partial charge in [-0.25, -0.2) is 9.50 Å². The minimum atomic E-state index is -0.241. The summed E-state index contributed by atoms with van der Waals surface area (Å²) >= 11 is 0. The van der Waals surface area contributed by atoms with Crippen LogP contribution >= 0.6 is 0 Å². The van der Waals surface area contributed by atoms with Crippen molar-refractivity contribution in [2.45, 2.75) is 59.8 Å². The van der Waals surface area contributed by atoms with Crippen molar-refractivity contribution < 1.29 is 9.18 Å². The zero-order valence-electron chi connectivity index (χ0n) is 19.1. The molecule has 6 heteroatoms. The summed E-state index contributed by atoms with van der Waals surface area (Å²) in [6.45, 7) is 9.10. The molecule has 31 heavy (non-hydrogen) atoms. The fourth-order valence-corrected chi connectivity index (χ4v) is 4.03. The summed E-state index contributed by atoms with van der Waals surface area (Å²) in [4.78, 5) is 19.5. The number of hydrogen-bond donors (Lipinski definition) is 0. The van der Waals surface area contributed by atoms with Gasteiger partial charge in [-0.15, -0.1) is 0 Å². The van der Waals surface area contributed by atoms with Crippen LogP contribution in [-0.4, -0.2) is 45.2 Å².